The lowest BCUT2D eigenvalue weighted by molar-refractivity contribution is -0.253. The van der Waals surface area contributed by atoms with Gasteiger partial charge in [-0.1, -0.05) is 91.0 Å². The van der Waals surface area contributed by atoms with Crippen molar-refractivity contribution in [2.45, 2.75) is 38.1 Å². The van der Waals surface area contributed by atoms with E-state index in [0.29, 0.717) is 12.1 Å². The van der Waals surface area contributed by atoms with Crippen LogP contribution in [0.2, 0.25) is 0 Å². The van der Waals surface area contributed by atoms with Crippen LogP contribution in [-0.4, -0.2) is 54.9 Å². The molecule has 0 aliphatic carbocycles. The summed E-state index contributed by atoms with van der Waals surface area (Å²) in [5.41, 5.74) is 6.74. The van der Waals surface area contributed by atoms with Gasteiger partial charge < -0.3 is 24.6 Å². The van der Waals surface area contributed by atoms with E-state index >= 15 is 0 Å². The zero-order valence-electron chi connectivity index (χ0n) is 24.2. The number of nitrogens with zero attached hydrogens (tertiary/aromatic N) is 1. The zero-order valence-corrected chi connectivity index (χ0v) is 24.2. The van der Waals surface area contributed by atoms with Crippen LogP contribution in [0, 0.1) is 0 Å². The molecular weight excluding hydrogens is 540 g/mol. The third-order valence-electron chi connectivity index (χ3n) is 8.17. The monoisotopic (exact) mass is 578 g/mol. The van der Waals surface area contributed by atoms with Crippen molar-refractivity contribution in [3.05, 3.63) is 131 Å². The Hall–Kier alpha value is -3.85. The number of carbonyl (C=O) groups is 1. The molecule has 0 unspecified atom stereocenters. The number of hydrogen-bond donors (Lipinski definition) is 2. The molecule has 2 saturated heterocycles. The smallest absolute Gasteiger partial charge is 0.251 e. The fourth-order valence-corrected chi connectivity index (χ4v) is 5.75. The number of rotatable bonds is 9. The normalized spacial score (nSPS) is 20.9. The lowest BCUT2D eigenvalue weighted by atomic mass is 9.97. The molecule has 2 aliphatic heterocycles. The quantitative estimate of drug-likeness (QED) is 0.267. The minimum Gasteiger partial charge on any atom is -0.392 e. The highest BCUT2D eigenvalue weighted by Crippen LogP contribution is 2.39. The van der Waals surface area contributed by atoms with Crippen LogP contribution in [0.15, 0.2) is 103 Å². The van der Waals surface area contributed by atoms with Gasteiger partial charge in [-0.05, 0) is 39.9 Å². The molecule has 4 aromatic carbocycles. The largest absolute Gasteiger partial charge is 0.392 e. The molecule has 2 heterocycles. The Bertz CT molecular complexity index is 1470. The molecule has 7 heteroatoms. The third kappa shape index (κ3) is 7.39. The zero-order chi connectivity index (χ0) is 29.4. The van der Waals surface area contributed by atoms with Crippen LogP contribution in [0.25, 0.3) is 11.1 Å². The number of nitrogens with one attached hydrogen (secondary N) is 1. The van der Waals surface area contributed by atoms with E-state index in [9.17, 15) is 9.90 Å². The number of carbonyl (C=O) groups excluding carboxylic acids is 1. The molecule has 0 radical (unpaired) electrons. The van der Waals surface area contributed by atoms with Gasteiger partial charge in [0.05, 0.1) is 32.0 Å². The SMILES string of the molecule is O=C(NCc1ccccc1-c1ccc([C@H]2O[C@@H](CN3CCOCC3)C[C@@H](c3ccc(CO)cc3)O2)cc1)c1ccccc1. The van der Waals surface area contributed by atoms with Crippen LogP contribution in [0.1, 0.15) is 51.4 Å². The molecule has 0 saturated carbocycles. The van der Waals surface area contributed by atoms with Gasteiger partial charge >= 0.3 is 0 Å². The van der Waals surface area contributed by atoms with Crippen molar-refractivity contribution in [1.82, 2.24) is 10.2 Å². The molecule has 1 amide bonds. The van der Waals surface area contributed by atoms with Gasteiger partial charge in [-0.15, -0.1) is 0 Å². The van der Waals surface area contributed by atoms with Crippen molar-refractivity contribution in [3.63, 3.8) is 0 Å². The molecule has 7 nitrogen and oxygen atoms in total. The van der Waals surface area contributed by atoms with Crippen molar-refractivity contribution in [1.29, 1.82) is 0 Å². The summed E-state index contributed by atoms with van der Waals surface area (Å²) in [6.45, 7) is 4.58. The van der Waals surface area contributed by atoms with Gasteiger partial charge in [0.2, 0.25) is 0 Å². The predicted molar refractivity (Wildman–Crippen MR) is 165 cm³/mol. The first kappa shape index (κ1) is 29.2. The minimum absolute atomic E-state index is 0.00740. The average Bonchev–Trinajstić information content (AvgIpc) is 3.08. The molecule has 222 valence electrons. The third-order valence-corrected chi connectivity index (χ3v) is 8.17. The standard InChI is InChI=1S/C36H38N2O5/c39-25-26-10-12-28(13-11-26)34-22-32(24-38-18-20-41-21-19-38)42-36(43-34)30-16-14-27(15-17-30)33-9-5-4-8-31(33)23-37-35(40)29-6-2-1-3-7-29/h1-17,32,34,36,39H,18-25H2,(H,37,40)/t32-,34+,36+/m1/s1. The molecule has 2 fully saturated rings. The Labute approximate surface area is 253 Å². The van der Waals surface area contributed by atoms with Gasteiger partial charge in [0.1, 0.15) is 0 Å². The Kier molecular flexibility index (Phi) is 9.57. The van der Waals surface area contributed by atoms with E-state index in [1.807, 2.05) is 72.8 Å². The number of aliphatic hydroxyl groups is 1. The van der Waals surface area contributed by atoms with Gasteiger partial charge in [0, 0.05) is 43.7 Å². The van der Waals surface area contributed by atoms with E-state index in [1.54, 1.807) is 0 Å². The van der Waals surface area contributed by atoms with Crippen molar-refractivity contribution in [2.75, 3.05) is 32.8 Å². The van der Waals surface area contributed by atoms with E-state index in [4.69, 9.17) is 14.2 Å². The average molecular weight is 579 g/mol. The molecule has 4 aromatic rings. The van der Waals surface area contributed by atoms with Gasteiger partial charge in [-0.2, -0.15) is 0 Å². The second kappa shape index (κ2) is 14.1. The number of morpholine rings is 1. The number of ether oxygens (including phenoxy) is 3. The van der Waals surface area contributed by atoms with Gasteiger partial charge in [-0.3, -0.25) is 9.69 Å². The molecule has 6 rings (SSSR count). The van der Waals surface area contributed by atoms with Crippen LogP contribution in [-0.2, 0) is 27.4 Å². The molecule has 43 heavy (non-hydrogen) atoms. The lowest BCUT2D eigenvalue weighted by Crippen LogP contribution is -2.44. The van der Waals surface area contributed by atoms with Crippen LogP contribution in [0.4, 0.5) is 0 Å². The van der Waals surface area contributed by atoms with Crippen LogP contribution in [0.5, 0.6) is 0 Å². The highest BCUT2D eigenvalue weighted by atomic mass is 16.7. The lowest BCUT2D eigenvalue weighted by Gasteiger charge is -2.39. The second-order valence-electron chi connectivity index (χ2n) is 11.1. The summed E-state index contributed by atoms with van der Waals surface area (Å²) in [7, 11) is 0. The van der Waals surface area contributed by atoms with Crippen LogP contribution >= 0.6 is 0 Å². The first-order valence-corrected chi connectivity index (χ1v) is 15.0. The molecule has 3 atom stereocenters. The Morgan fingerprint density at radius 2 is 1.51 bits per heavy atom. The van der Waals surface area contributed by atoms with E-state index in [0.717, 1.165) is 72.6 Å². The molecule has 2 aliphatic rings. The molecular formula is C36H38N2O5. The highest BCUT2D eigenvalue weighted by molar-refractivity contribution is 5.94. The maximum atomic E-state index is 12.6. The highest BCUT2D eigenvalue weighted by Gasteiger charge is 2.33. The topological polar surface area (TPSA) is 80.3 Å². The van der Waals surface area contributed by atoms with Crippen molar-refractivity contribution in [2.24, 2.45) is 0 Å². The fourth-order valence-electron chi connectivity index (χ4n) is 5.75. The van der Waals surface area contributed by atoms with Crippen LogP contribution in [0.3, 0.4) is 0 Å². The summed E-state index contributed by atoms with van der Waals surface area (Å²) in [5.74, 6) is -0.0930. The molecule has 0 aromatic heterocycles. The maximum absolute atomic E-state index is 12.6. The number of amides is 1. The van der Waals surface area contributed by atoms with Crippen molar-refractivity contribution < 1.29 is 24.1 Å². The van der Waals surface area contributed by atoms with E-state index in [-0.39, 0.29) is 24.7 Å². The minimum atomic E-state index is -0.503. The number of benzene rings is 4. The van der Waals surface area contributed by atoms with E-state index in [1.165, 1.54) is 0 Å². The van der Waals surface area contributed by atoms with E-state index in [2.05, 4.69) is 40.5 Å². The molecule has 2 N–H and O–H groups in total. The number of hydrogen-bond acceptors (Lipinski definition) is 6. The summed E-state index contributed by atoms with van der Waals surface area (Å²) >= 11 is 0. The first-order chi connectivity index (χ1) is 21.2. The Morgan fingerprint density at radius 1 is 0.814 bits per heavy atom. The number of aliphatic hydroxyl groups excluding tert-OH is 1. The van der Waals surface area contributed by atoms with Crippen molar-refractivity contribution in [3.8, 4) is 11.1 Å². The maximum Gasteiger partial charge on any atom is 0.251 e. The van der Waals surface area contributed by atoms with Crippen LogP contribution < -0.4 is 5.32 Å². The first-order valence-electron chi connectivity index (χ1n) is 15.0. The van der Waals surface area contributed by atoms with Gasteiger partial charge in [0.15, 0.2) is 6.29 Å². The Balaban J connectivity index is 1.18. The van der Waals surface area contributed by atoms with E-state index < -0.39 is 6.29 Å². The summed E-state index contributed by atoms with van der Waals surface area (Å²) in [4.78, 5) is 15.0. The summed E-state index contributed by atoms with van der Waals surface area (Å²) in [6.07, 6.45) is 0.142. The van der Waals surface area contributed by atoms with Crippen molar-refractivity contribution >= 4 is 5.91 Å². The predicted octanol–water partition coefficient (Wildman–Crippen LogP) is 5.65. The summed E-state index contributed by atoms with van der Waals surface area (Å²) < 4.78 is 18.7. The van der Waals surface area contributed by atoms with Gasteiger partial charge in [0.25, 0.3) is 5.91 Å². The molecule has 0 bridgehead atoms. The Morgan fingerprint density at radius 3 is 2.26 bits per heavy atom. The van der Waals surface area contributed by atoms with Gasteiger partial charge in [-0.25, -0.2) is 0 Å². The summed E-state index contributed by atoms with van der Waals surface area (Å²) in [6, 6.07) is 33.7. The second-order valence-corrected chi connectivity index (χ2v) is 11.1. The molecule has 0 spiro atoms. The fraction of sp³-hybridized carbons (Fsp3) is 0.306. The summed E-state index contributed by atoms with van der Waals surface area (Å²) in [5, 5.41) is 12.5.